The van der Waals surface area contributed by atoms with Crippen molar-refractivity contribution in [2.75, 3.05) is 50.5 Å². The molecule has 1 amide bonds. The second-order valence-corrected chi connectivity index (χ2v) is 14.5. The average Bonchev–Trinajstić information content (AvgIpc) is 3.90. The summed E-state index contributed by atoms with van der Waals surface area (Å²) >= 11 is 0. The van der Waals surface area contributed by atoms with Crippen molar-refractivity contribution in [3.8, 4) is 17.4 Å². The van der Waals surface area contributed by atoms with E-state index in [1.165, 1.54) is 39.1 Å². The average molecular weight is 741 g/mol. The van der Waals surface area contributed by atoms with Crippen LogP contribution in [0.25, 0.3) is 28.4 Å². The van der Waals surface area contributed by atoms with Gasteiger partial charge in [-0.15, -0.1) is 0 Å². The number of carbonyl (C=O) groups excluding carboxylic acids is 1. The molecular formula is C35H40F4N10O4. The SMILES string of the molecule is Cc1cc(N)nc(-c2ncc3c(N(C)C4CCN(C(=O)/C=C/c5nc(C(C)(C)O)no5)C4)nc(OCC45CCCN4CCC5)nc3c2F)c1C(F)(F)F. The zero-order valence-electron chi connectivity index (χ0n) is 29.7. The summed E-state index contributed by atoms with van der Waals surface area (Å²) in [5, 5.41) is 14.0. The number of alkyl halides is 3. The number of amides is 1. The molecule has 4 aromatic heterocycles. The molecule has 0 aliphatic carbocycles. The van der Waals surface area contributed by atoms with Crippen molar-refractivity contribution < 1.29 is 36.7 Å². The molecule has 0 radical (unpaired) electrons. The molecule has 3 saturated heterocycles. The first-order valence-electron chi connectivity index (χ1n) is 17.4. The van der Waals surface area contributed by atoms with E-state index in [-0.39, 0.29) is 76.5 Å². The fourth-order valence-corrected chi connectivity index (χ4v) is 7.64. The molecule has 3 fully saturated rings. The Kier molecular flexibility index (Phi) is 9.24. The first kappa shape index (κ1) is 36.4. The highest BCUT2D eigenvalue weighted by molar-refractivity contribution is 5.93. The van der Waals surface area contributed by atoms with Gasteiger partial charge in [-0.05, 0) is 77.6 Å². The van der Waals surface area contributed by atoms with E-state index in [4.69, 9.17) is 20.0 Å². The van der Waals surface area contributed by atoms with E-state index in [1.54, 1.807) is 16.8 Å². The van der Waals surface area contributed by atoms with Gasteiger partial charge in [0.1, 0.15) is 40.7 Å². The van der Waals surface area contributed by atoms with Crippen molar-refractivity contribution in [3.05, 3.63) is 47.0 Å². The molecule has 282 valence electrons. The van der Waals surface area contributed by atoms with Gasteiger partial charge in [0.15, 0.2) is 5.82 Å². The van der Waals surface area contributed by atoms with E-state index in [9.17, 15) is 23.1 Å². The lowest BCUT2D eigenvalue weighted by Crippen LogP contribution is -2.43. The summed E-state index contributed by atoms with van der Waals surface area (Å²) in [6.45, 7) is 7.08. The number of aryl methyl sites for hydroxylation is 1. The Hall–Kier alpha value is -4.97. The molecule has 18 heteroatoms. The molecule has 1 unspecified atom stereocenters. The van der Waals surface area contributed by atoms with Crippen molar-refractivity contribution in [1.82, 2.24) is 39.9 Å². The highest BCUT2D eigenvalue weighted by atomic mass is 19.4. The van der Waals surface area contributed by atoms with Gasteiger partial charge in [0.2, 0.25) is 11.7 Å². The smallest absolute Gasteiger partial charge is 0.418 e. The maximum atomic E-state index is 16.6. The van der Waals surface area contributed by atoms with Crippen LogP contribution in [0.2, 0.25) is 0 Å². The number of likely N-dealkylation sites (N-methyl/N-ethyl adjacent to an activating group) is 1. The Morgan fingerprint density at radius 2 is 1.89 bits per heavy atom. The zero-order valence-corrected chi connectivity index (χ0v) is 29.7. The third kappa shape index (κ3) is 6.96. The number of rotatable bonds is 9. The van der Waals surface area contributed by atoms with Crippen molar-refractivity contribution in [3.63, 3.8) is 0 Å². The van der Waals surface area contributed by atoms with E-state index in [1.807, 2.05) is 0 Å². The van der Waals surface area contributed by atoms with Crippen LogP contribution in [-0.4, -0.2) is 102 Å². The fraction of sp³-hybridized carbons (Fsp3) is 0.514. The van der Waals surface area contributed by atoms with Gasteiger partial charge in [-0.3, -0.25) is 14.7 Å². The third-order valence-electron chi connectivity index (χ3n) is 10.4. The van der Waals surface area contributed by atoms with Crippen molar-refractivity contribution in [2.45, 2.75) is 76.2 Å². The van der Waals surface area contributed by atoms with Gasteiger partial charge in [0.25, 0.3) is 5.89 Å². The minimum absolute atomic E-state index is 0.0565. The van der Waals surface area contributed by atoms with E-state index >= 15 is 4.39 Å². The summed E-state index contributed by atoms with van der Waals surface area (Å²) in [5.74, 6) is -1.29. The summed E-state index contributed by atoms with van der Waals surface area (Å²) in [7, 11) is 1.74. The predicted octanol–water partition coefficient (Wildman–Crippen LogP) is 4.50. The van der Waals surface area contributed by atoms with Gasteiger partial charge >= 0.3 is 12.2 Å². The number of nitrogens with two attached hydrogens (primary N) is 1. The summed E-state index contributed by atoms with van der Waals surface area (Å²) in [6, 6.07) is 0.654. The van der Waals surface area contributed by atoms with E-state index in [0.717, 1.165) is 44.8 Å². The molecule has 0 spiro atoms. The Labute approximate surface area is 302 Å². The predicted molar refractivity (Wildman–Crippen MR) is 185 cm³/mol. The highest BCUT2D eigenvalue weighted by Gasteiger charge is 2.45. The maximum absolute atomic E-state index is 16.6. The number of hydrogen-bond acceptors (Lipinski definition) is 13. The lowest BCUT2D eigenvalue weighted by Gasteiger charge is -2.31. The number of ether oxygens (including phenoxy) is 1. The number of fused-ring (bicyclic) bond motifs is 2. The lowest BCUT2D eigenvalue weighted by atomic mass is 9.95. The van der Waals surface area contributed by atoms with Crippen LogP contribution in [0.15, 0.2) is 22.9 Å². The molecule has 3 N–H and O–H groups in total. The minimum Gasteiger partial charge on any atom is -0.461 e. The maximum Gasteiger partial charge on any atom is 0.418 e. The molecule has 0 saturated carbocycles. The lowest BCUT2D eigenvalue weighted by molar-refractivity contribution is -0.137. The Morgan fingerprint density at radius 3 is 2.57 bits per heavy atom. The van der Waals surface area contributed by atoms with Crippen LogP contribution in [0.3, 0.4) is 0 Å². The molecule has 3 aliphatic heterocycles. The number of aromatic nitrogens is 6. The number of aliphatic hydroxyl groups is 1. The van der Waals surface area contributed by atoms with Gasteiger partial charge in [-0.1, -0.05) is 5.16 Å². The highest BCUT2D eigenvalue weighted by Crippen LogP contribution is 2.42. The molecule has 1 atom stereocenters. The second-order valence-electron chi connectivity index (χ2n) is 14.5. The van der Waals surface area contributed by atoms with Crippen LogP contribution < -0.4 is 15.4 Å². The third-order valence-corrected chi connectivity index (χ3v) is 10.4. The molecule has 7 rings (SSSR count). The second kappa shape index (κ2) is 13.5. The summed E-state index contributed by atoms with van der Waals surface area (Å²) in [6.07, 6.45) is 3.47. The number of likely N-dealkylation sites (tertiary alicyclic amines) is 1. The first-order valence-corrected chi connectivity index (χ1v) is 17.4. The molecular weight excluding hydrogens is 700 g/mol. The van der Waals surface area contributed by atoms with E-state index in [2.05, 4.69) is 30.0 Å². The van der Waals surface area contributed by atoms with Gasteiger partial charge in [0, 0.05) is 44.5 Å². The minimum atomic E-state index is -4.87. The van der Waals surface area contributed by atoms with Crippen molar-refractivity contribution >= 4 is 34.5 Å². The fourth-order valence-electron chi connectivity index (χ4n) is 7.64. The standard InChI is InChI=1S/C35H40F4N10O4/c1-19-15-22(40)42-28(25(19)35(37,38)39)29-26(36)27-21(16-41-29)30(45-32(44-27)52-18-34-10-5-12-49(34)13-6-11-34)47(4)20-9-14-48(17-20)24(50)8-7-23-43-31(46-53-23)33(2,3)51/h7-8,15-16,20,51H,5-6,9-14,17-18H2,1-4H3,(H2,40,42)/b8-7+. The Morgan fingerprint density at radius 1 is 1.15 bits per heavy atom. The van der Waals surface area contributed by atoms with Crippen LogP contribution in [0.5, 0.6) is 6.01 Å². The summed E-state index contributed by atoms with van der Waals surface area (Å²) < 4.78 is 70.7. The van der Waals surface area contributed by atoms with E-state index < -0.39 is 34.5 Å². The molecule has 4 aromatic rings. The number of pyridine rings is 2. The number of hydrogen-bond donors (Lipinski definition) is 2. The van der Waals surface area contributed by atoms with Crippen LogP contribution in [0, 0.1) is 12.7 Å². The van der Waals surface area contributed by atoms with Crippen LogP contribution >= 0.6 is 0 Å². The molecule has 3 aliphatic rings. The van der Waals surface area contributed by atoms with Crippen LogP contribution in [0.4, 0.5) is 29.2 Å². The van der Waals surface area contributed by atoms with Crippen molar-refractivity contribution in [2.24, 2.45) is 0 Å². The van der Waals surface area contributed by atoms with Crippen LogP contribution in [-0.2, 0) is 16.6 Å². The molecule has 7 heterocycles. The van der Waals surface area contributed by atoms with Crippen molar-refractivity contribution in [1.29, 1.82) is 0 Å². The molecule has 0 aromatic carbocycles. The quantitative estimate of drug-likeness (QED) is 0.182. The number of nitrogen functional groups attached to an aromatic ring is 1. The van der Waals surface area contributed by atoms with Gasteiger partial charge in [-0.25, -0.2) is 9.37 Å². The summed E-state index contributed by atoms with van der Waals surface area (Å²) in [4.78, 5) is 40.1. The first-order chi connectivity index (χ1) is 25.0. The van der Waals surface area contributed by atoms with Crippen LogP contribution in [0.1, 0.15) is 68.8 Å². The topological polar surface area (TPSA) is 173 Å². The molecule has 0 bridgehead atoms. The Balaban J connectivity index is 1.22. The number of halogens is 4. The monoisotopic (exact) mass is 740 g/mol. The normalized spacial score (nSPS) is 19.1. The van der Waals surface area contributed by atoms with Gasteiger partial charge < -0.3 is 29.9 Å². The zero-order chi connectivity index (χ0) is 37.9. The molecule has 14 nitrogen and oxygen atoms in total. The number of nitrogens with zero attached hydrogens (tertiary/aromatic N) is 9. The molecule has 53 heavy (non-hydrogen) atoms. The number of carbonyl (C=O) groups is 1. The Bertz CT molecular complexity index is 2070. The van der Waals surface area contributed by atoms with E-state index in [0.29, 0.717) is 13.0 Å². The largest absolute Gasteiger partial charge is 0.461 e. The summed E-state index contributed by atoms with van der Waals surface area (Å²) in [5.41, 5.74) is 1.27. The van der Waals surface area contributed by atoms with Gasteiger partial charge in [-0.2, -0.15) is 28.1 Å². The van der Waals surface area contributed by atoms with Gasteiger partial charge in [0.05, 0.1) is 16.5 Å². The number of anilines is 2.